The van der Waals surface area contributed by atoms with Gasteiger partial charge in [0.25, 0.3) is 17.6 Å². The van der Waals surface area contributed by atoms with E-state index in [1.165, 1.54) is 0 Å². The van der Waals surface area contributed by atoms with Crippen LogP contribution in [0, 0.1) is 35.0 Å². The summed E-state index contributed by atoms with van der Waals surface area (Å²) in [6.45, 7) is 0.796. The topological polar surface area (TPSA) is 128 Å². The summed E-state index contributed by atoms with van der Waals surface area (Å²) in [4.78, 5) is 23.3. The van der Waals surface area contributed by atoms with Crippen LogP contribution in [0.3, 0.4) is 0 Å². The van der Waals surface area contributed by atoms with Gasteiger partial charge in [0, 0.05) is 37.3 Å². The average molecular weight is 459 g/mol. The van der Waals surface area contributed by atoms with E-state index in [0.29, 0.717) is 36.4 Å². The summed E-state index contributed by atoms with van der Waals surface area (Å²) < 4.78 is 5.55. The minimum Gasteiger partial charge on any atom is -0.390 e. The van der Waals surface area contributed by atoms with E-state index in [9.17, 15) is 9.90 Å². The van der Waals surface area contributed by atoms with Gasteiger partial charge >= 0.3 is 0 Å². The zero-order valence-corrected chi connectivity index (χ0v) is 18.8. The molecule has 8 rings (SSSR count). The summed E-state index contributed by atoms with van der Waals surface area (Å²) in [5.74, 6) is 1.34. The number of fused-ring (bicyclic) bond motifs is 1. The number of likely N-dealkylation sites (tertiary alicyclic amines) is 1. The fraction of sp³-hybridized carbons (Fsp3) is 0.560. The Labute approximate surface area is 196 Å². The number of allylic oxidation sites excluding steroid dienone is 1. The number of rotatable bonds is 4. The van der Waals surface area contributed by atoms with Crippen molar-refractivity contribution in [2.75, 3.05) is 18.4 Å². The number of nitriles is 1. The third-order valence-electron chi connectivity index (χ3n) is 8.55. The predicted octanol–water partition coefficient (Wildman–Crippen LogP) is 2.65. The van der Waals surface area contributed by atoms with Gasteiger partial charge in [-0.25, -0.2) is 0 Å². The van der Waals surface area contributed by atoms with E-state index in [2.05, 4.69) is 38.7 Å². The van der Waals surface area contributed by atoms with Crippen molar-refractivity contribution in [3.8, 4) is 17.5 Å². The van der Waals surface area contributed by atoms with Gasteiger partial charge in [0.2, 0.25) is 0 Å². The molecule has 9 nitrogen and oxygen atoms in total. The Morgan fingerprint density at radius 2 is 2.06 bits per heavy atom. The zero-order valence-electron chi connectivity index (χ0n) is 18.8. The molecule has 4 saturated carbocycles. The number of anilines is 1. The van der Waals surface area contributed by atoms with Gasteiger partial charge in [0.05, 0.1) is 34.5 Å². The van der Waals surface area contributed by atoms with Gasteiger partial charge in [-0.1, -0.05) is 17.3 Å². The Kier molecular flexibility index (Phi) is 4.22. The predicted molar refractivity (Wildman–Crippen MR) is 121 cm³/mol. The van der Waals surface area contributed by atoms with E-state index in [4.69, 9.17) is 9.78 Å². The molecule has 0 spiro atoms. The fourth-order valence-corrected chi connectivity index (χ4v) is 7.19. The molecular weight excluding hydrogens is 432 g/mol. The van der Waals surface area contributed by atoms with Crippen LogP contribution in [0.25, 0.3) is 17.5 Å². The summed E-state index contributed by atoms with van der Waals surface area (Å²) in [5.41, 5.74) is 3.19. The van der Waals surface area contributed by atoms with E-state index >= 15 is 0 Å². The Morgan fingerprint density at radius 3 is 2.79 bits per heavy atom. The van der Waals surface area contributed by atoms with Gasteiger partial charge in [-0.3, -0.25) is 9.78 Å². The number of amides is 1. The minimum absolute atomic E-state index is 0.00484. The molecule has 9 heteroatoms. The highest BCUT2D eigenvalue weighted by molar-refractivity contribution is 5.92. The van der Waals surface area contributed by atoms with Crippen LogP contribution in [0.5, 0.6) is 0 Å². The lowest BCUT2D eigenvalue weighted by molar-refractivity contribution is -0.129. The second kappa shape index (κ2) is 7.12. The summed E-state index contributed by atoms with van der Waals surface area (Å²) in [6, 6.07) is 2.45. The van der Waals surface area contributed by atoms with Crippen molar-refractivity contribution in [1.29, 1.82) is 5.26 Å². The summed E-state index contributed by atoms with van der Waals surface area (Å²) in [6.07, 6.45) is 11.7. The third-order valence-corrected chi connectivity index (χ3v) is 8.55. The van der Waals surface area contributed by atoms with E-state index in [0.717, 1.165) is 55.5 Å². The largest absolute Gasteiger partial charge is 0.390 e. The van der Waals surface area contributed by atoms with Crippen molar-refractivity contribution >= 4 is 17.7 Å². The standard InChI is InChI=1S/C25H26N6O3/c26-9-14-11-31(12-14)24(32)22-29-23(34-30-22)18-10-27-19-3-1-2-17(19)21(18)28-20-15-4-13-5-16(20)8-25(33,6-13)7-15/h1-2,10,13-16,20,33H,3-8,11-12H2,(H,27,28). The molecular formula is C25H26N6O3. The van der Waals surface area contributed by atoms with Crippen molar-refractivity contribution in [3.05, 3.63) is 29.4 Å². The molecule has 3 heterocycles. The zero-order chi connectivity index (χ0) is 23.0. The molecule has 2 N–H and O–H groups in total. The molecule has 1 saturated heterocycles. The first-order valence-electron chi connectivity index (χ1n) is 12.2. The van der Waals surface area contributed by atoms with Crippen LogP contribution >= 0.6 is 0 Å². The Morgan fingerprint density at radius 1 is 1.26 bits per heavy atom. The normalized spacial score (nSPS) is 33.0. The maximum atomic E-state index is 12.7. The van der Waals surface area contributed by atoms with Crippen LogP contribution in [-0.2, 0) is 6.42 Å². The molecule has 1 aliphatic heterocycles. The number of aliphatic hydroxyl groups is 1. The van der Waals surface area contributed by atoms with Gasteiger partial charge < -0.3 is 19.8 Å². The quantitative estimate of drug-likeness (QED) is 0.716. The van der Waals surface area contributed by atoms with Crippen LogP contribution in [0.15, 0.2) is 16.8 Å². The molecule has 0 aromatic carbocycles. The second-order valence-corrected chi connectivity index (χ2v) is 10.8. The minimum atomic E-state index is -0.485. The molecule has 2 aromatic rings. The first kappa shape index (κ1) is 20.2. The number of carbonyl (C=O) groups excluding carboxylic acids is 1. The molecule has 34 heavy (non-hydrogen) atoms. The van der Waals surface area contributed by atoms with Crippen LogP contribution in [0.4, 0.5) is 5.69 Å². The Balaban J connectivity index is 1.21. The summed E-state index contributed by atoms with van der Waals surface area (Å²) in [7, 11) is 0. The molecule has 1 amide bonds. The number of pyridine rings is 1. The first-order chi connectivity index (χ1) is 16.5. The molecule has 2 aromatic heterocycles. The molecule has 5 aliphatic carbocycles. The van der Waals surface area contributed by atoms with Crippen LogP contribution in [-0.4, -0.2) is 55.8 Å². The molecule has 0 radical (unpaired) electrons. The highest BCUT2D eigenvalue weighted by Gasteiger charge is 2.55. The van der Waals surface area contributed by atoms with Crippen LogP contribution in [0.2, 0.25) is 0 Å². The van der Waals surface area contributed by atoms with Crippen molar-refractivity contribution in [2.45, 2.75) is 50.2 Å². The lowest BCUT2D eigenvalue weighted by Crippen LogP contribution is -2.59. The molecule has 2 unspecified atom stereocenters. The molecule has 4 bridgehead atoms. The lowest BCUT2D eigenvalue weighted by Gasteiger charge is -2.58. The van der Waals surface area contributed by atoms with Crippen LogP contribution < -0.4 is 5.32 Å². The van der Waals surface area contributed by atoms with Gasteiger partial charge in [0.1, 0.15) is 0 Å². The number of hydrogen-bond donors (Lipinski definition) is 2. The van der Waals surface area contributed by atoms with Gasteiger partial charge in [-0.2, -0.15) is 10.2 Å². The van der Waals surface area contributed by atoms with Crippen molar-refractivity contribution < 1.29 is 14.4 Å². The summed E-state index contributed by atoms with van der Waals surface area (Å²) >= 11 is 0. The summed E-state index contributed by atoms with van der Waals surface area (Å²) in [5, 5.41) is 27.8. The highest BCUT2D eigenvalue weighted by atomic mass is 16.5. The van der Waals surface area contributed by atoms with E-state index in [1.807, 2.05) is 0 Å². The lowest BCUT2D eigenvalue weighted by atomic mass is 9.52. The fourth-order valence-electron chi connectivity index (χ4n) is 7.19. The maximum absolute atomic E-state index is 12.7. The maximum Gasteiger partial charge on any atom is 0.295 e. The van der Waals surface area contributed by atoms with Crippen LogP contribution in [0.1, 0.15) is 54.0 Å². The number of nitrogens with zero attached hydrogens (tertiary/aromatic N) is 5. The van der Waals surface area contributed by atoms with Crippen molar-refractivity contribution in [3.63, 3.8) is 0 Å². The van der Waals surface area contributed by atoms with E-state index in [1.54, 1.807) is 11.1 Å². The second-order valence-electron chi connectivity index (χ2n) is 10.8. The Bertz CT molecular complexity index is 1240. The third kappa shape index (κ3) is 3.01. The molecule has 5 fully saturated rings. The molecule has 174 valence electrons. The van der Waals surface area contributed by atoms with Crippen molar-refractivity contribution in [1.82, 2.24) is 20.0 Å². The number of aromatic nitrogens is 3. The smallest absolute Gasteiger partial charge is 0.295 e. The van der Waals surface area contributed by atoms with Gasteiger partial charge in [-0.05, 0) is 49.9 Å². The highest BCUT2D eigenvalue weighted by Crippen LogP contribution is 2.56. The number of carbonyl (C=O) groups is 1. The SMILES string of the molecule is N#CC1CN(C(=O)c2noc(-c3cnc4c(c3NC3C5CC6CC3CC(O)(C6)C5)C=CC4)n2)C1. The van der Waals surface area contributed by atoms with Gasteiger partial charge in [-0.15, -0.1) is 0 Å². The molecule has 2 atom stereocenters. The Hall–Kier alpha value is -3.25. The van der Waals surface area contributed by atoms with Crippen molar-refractivity contribution in [2.24, 2.45) is 23.7 Å². The van der Waals surface area contributed by atoms with Gasteiger partial charge in [0.15, 0.2) is 0 Å². The first-order valence-corrected chi connectivity index (χ1v) is 12.2. The molecule has 6 aliphatic rings. The number of hydrogen-bond acceptors (Lipinski definition) is 8. The number of nitrogens with one attached hydrogen (secondary N) is 1. The monoisotopic (exact) mass is 458 g/mol. The average Bonchev–Trinajstić information content (AvgIpc) is 3.44. The van der Waals surface area contributed by atoms with E-state index in [-0.39, 0.29) is 29.6 Å². The van der Waals surface area contributed by atoms with E-state index < -0.39 is 5.60 Å².